The van der Waals surface area contributed by atoms with E-state index >= 15 is 0 Å². The van der Waals surface area contributed by atoms with Gasteiger partial charge in [-0.1, -0.05) is 18.5 Å². The highest BCUT2D eigenvalue weighted by molar-refractivity contribution is 6.32. The Morgan fingerprint density at radius 2 is 2.26 bits per heavy atom. The normalized spacial score (nSPS) is 26.7. The Balaban J connectivity index is 1.72. The van der Waals surface area contributed by atoms with E-state index in [1.54, 1.807) is 0 Å². The van der Waals surface area contributed by atoms with E-state index in [-0.39, 0.29) is 6.79 Å². The molecule has 1 aromatic carbocycles. The molecule has 2 aliphatic rings. The number of benzene rings is 1. The standard InChI is InChI=1S/C14H19ClN2O2/c1-9-6-17(3-2-12(9)16)7-10-4-11(15)14-13(5-10)18-8-19-14/h4-5,9,12H,2-3,6-8,16H2,1H3. The molecule has 19 heavy (non-hydrogen) atoms. The SMILES string of the molecule is CC1CN(Cc2cc(Cl)c3c(c2)OCO3)CCC1N. The molecule has 0 aromatic heterocycles. The van der Waals surface area contributed by atoms with Gasteiger partial charge in [0, 0.05) is 19.1 Å². The summed E-state index contributed by atoms with van der Waals surface area (Å²) in [5, 5.41) is 0.631. The molecule has 0 amide bonds. The van der Waals surface area contributed by atoms with Crippen molar-refractivity contribution in [1.82, 2.24) is 4.90 Å². The molecule has 3 rings (SSSR count). The molecule has 2 N–H and O–H groups in total. The molecular formula is C14H19ClN2O2. The summed E-state index contributed by atoms with van der Waals surface area (Å²) >= 11 is 6.20. The van der Waals surface area contributed by atoms with Gasteiger partial charge in [-0.2, -0.15) is 0 Å². The predicted octanol–water partition coefficient (Wildman–Crippen LogP) is 2.24. The van der Waals surface area contributed by atoms with Crippen molar-refractivity contribution >= 4 is 11.6 Å². The van der Waals surface area contributed by atoms with Gasteiger partial charge in [-0.05, 0) is 36.6 Å². The number of halogens is 1. The van der Waals surface area contributed by atoms with Crippen LogP contribution in [0.25, 0.3) is 0 Å². The third kappa shape index (κ3) is 2.66. The molecule has 2 heterocycles. The Kier molecular flexibility index (Phi) is 3.56. The van der Waals surface area contributed by atoms with E-state index in [9.17, 15) is 0 Å². The third-order valence-electron chi connectivity index (χ3n) is 3.95. The van der Waals surface area contributed by atoms with Crippen LogP contribution < -0.4 is 15.2 Å². The van der Waals surface area contributed by atoms with Gasteiger partial charge in [0.2, 0.25) is 6.79 Å². The van der Waals surface area contributed by atoms with Gasteiger partial charge < -0.3 is 15.2 Å². The lowest BCUT2D eigenvalue weighted by Gasteiger charge is -2.35. The molecule has 2 unspecified atom stereocenters. The summed E-state index contributed by atoms with van der Waals surface area (Å²) in [5.74, 6) is 1.96. The summed E-state index contributed by atoms with van der Waals surface area (Å²) in [6.07, 6.45) is 1.06. The average Bonchev–Trinajstić information content (AvgIpc) is 2.82. The highest BCUT2D eigenvalue weighted by atomic mass is 35.5. The van der Waals surface area contributed by atoms with Crippen LogP contribution in [0.4, 0.5) is 0 Å². The molecule has 2 aliphatic heterocycles. The number of hydrogen-bond donors (Lipinski definition) is 1. The molecule has 0 radical (unpaired) electrons. The number of nitrogens with two attached hydrogens (primary N) is 1. The molecule has 1 aromatic rings. The first-order valence-electron chi connectivity index (χ1n) is 6.69. The largest absolute Gasteiger partial charge is 0.454 e. The molecule has 1 saturated heterocycles. The van der Waals surface area contributed by atoms with Crippen LogP contribution in [0, 0.1) is 5.92 Å². The van der Waals surface area contributed by atoms with Crippen molar-refractivity contribution in [2.24, 2.45) is 11.7 Å². The summed E-state index contributed by atoms with van der Waals surface area (Å²) in [4.78, 5) is 2.42. The minimum Gasteiger partial charge on any atom is -0.454 e. The van der Waals surface area contributed by atoms with Crippen LogP contribution in [0.3, 0.4) is 0 Å². The maximum absolute atomic E-state index is 6.20. The molecule has 5 heteroatoms. The first-order chi connectivity index (χ1) is 9.13. The molecule has 2 atom stereocenters. The van der Waals surface area contributed by atoms with Crippen molar-refractivity contribution in [3.8, 4) is 11.5 Å². The minimum absolute atomic E-state index is 0.258. The molecular weight excluding hydrogens is 264 g/mol. The Morgan fingerprint density at radius 1 is 1.42 bits per heavy atom. The Bertz CT molecular complexity index is 481. The number of fused-ring (bicyclic) bond motifs is 1. The van der Waals surface area contributed by atoms with E-state index in [1.807, 2.05) is 12.1 Å². The van der Waals surface area contributed by atoms with Crippen molar-refractivity contribution in [3.05, 3.63) is 22.7 Å². The topological polar surface area (TPSA) is 47.7 Å². The van der Waals surface area contributed by atoms with Gasteiger partial charge in [-0.15, -0.1) is 0 Å². The van der Waals surface area contributed by atoms with Crippen molar-refractivity contribution in [1.29, 1.82) is 0 Å². The van der Waals surface area contributed by atoms with E-state index in [0.717, 1.165) is 37.4 Å². The summed E-state index contributed by atoms with van der Waals surface area (Å²) in [6.45, 7) is 5.43. The third-order valence-corrected chi connectivity index (χ3v) is 4.23. The molecule has 0 spiro atoms. The van der Waals surface area contributed by atoms with Gasteiger partial charge in [0.15, 0.2) is 11.5 Å². The minimum atomic E-state index is 0.258. The van der Waals surface area contributed by atoms with Gasteiger partial charge in [0.05, 0.1) is 5.02 Å². The maximum atomic E-state index is 6.20. The van der Waals surface area contributed by atoms with Gasteiger partial charge >= 0.3 is 0 Å². The molecule has 4 nitrogen and oxygen atoms in total. The number of hydrogen-bond acceptors (Lipinski definition) is 4. The quantitative estimate of drug-likeness (QED) is 0.904. The molecule has 1 fully saturated rings. The predicted molar refractivity (Wildman–Crippen MR) is 74.6 cm³/mol. The second-order valence-electron chi connectivity index (χ2n) is 5.48. The lowest BCUT2D eigenvalue weighted by Crippen LogP contribution is -2.45. The molecule has 0 aliphatic carbocycles. The average molecular weight is 283 g/mol. The van der Waals surface area contributed by atoms with Crippen molar-refractivity contribution < 1.29 is 9.47 Å². The van der Waals surface area contributed by atoms with Crippen LogP contribution in [0.2, 0.25) is 5.02 Å². The van der Waals surface area contributed by atoms with Crippen LogP contribution in [-0.2, 0) is 6.54 Å². The van der Waals surface area contributed by atoms with Crippen LogP contribution in [0.1, 0.15) is 18.9 Å². The Morgan fingerprint density at radius 3 is 3.05 bits per heavy atom. The number of piperidine rings is 1. The maximum Gasteiger partial charge on any atom is 0.231 e. The zero-order valence-corrected chi connectivity index (χ0v) is 11.8. The lowest BCUT2D eigenvalue weighted by molar-refractivity contribution is 0.157. The zero-order chi connectivity index (χ0) is 13.4. The summed E-state index contributed by atoms with van der Waals surface area (Å²) < 4.78 is 10.7. The van der Waals surface area contributed by atoms with E-state index < -0.39 is 0 Å². The fraction of sp³-hybridized carbons (Fsp3) is 0.571. The van der Waals surface area contributed by atoms with Gasteiger partial charge in [0.25, 0.3) is 0 Å². The molecule has 0 bridgehead atoms. The Labute approximate surface area is 118 Å². The highest BCUT2D eigenvalue weighted by Gasteiger charge is 2.24. The number of nitrogens with zero attached hydrogens (tertiary/aromatic N) is 1. The second kappa shape index (κ2) is 5.19. The molecule has 104 valence electrons. The van der Waals surface area contributed by atoms with Gasteiger partial charge in [0.1, 0.15) is 0 Å². The van der Waals surface area contributed by atoms with Crippen molar-refractivity contribution in [3.63, 3.8) is 0 Å². The summed E-state index contributed by atoms with van der Waals surface area (Å²) in [7, 11) is 0. The van der Waals surface area contributed by atoms with E-state index in [1.165, 1.54) is 0 Å². The fourth-order valence-electron chi connectivity index (χ4n) is 2.76. The first kappa shape index (κ1) is 13.0. The van der Waals surface area contributed by atoms with E-state index in [2.05, 4.69) is 11.8 Å². The highest BCUT2D eigenvalue weighted by Crippen LogP contribution is 2.40. The van der Waals surface area contributed by atoms with Crippen molar-refractivity contribution in [2.75, 3.05) is 19.9 Å². The van der Waals surface area contributed by atoms with E-state index in [4.69, 9.17) is 26.8 Å². The van der Waals surface area contributed by atoms with Gasteiger partial charge in [-0.3, -0.25) is 4.90 Å². The summed E-state index contributed by atoms with van der Waals surface area (Å²) in [5.41, 5.74) is 7.21. The lowest BCUT2D eigenvalue weighted by atomic mass is 9.94. The second-order valence-corrected chi connectivity index (χ2v) is 5.88. The van der Waals surface area contributed by atoms with E-state index in [0.29, 0.717) is 22.7 Å². The monoisotopic (exact) mass is 282 g/mol. The number of rotatable bonds is 2. The smallest absolute Gasteiger partial charge is 0.231 e. The van der Waals surface area contributed by atoms with Gasteiger partial charge in [-0.25, -0.2) is 0 Å². The Hall–Kier alpha value is -0.970. The number of likely N-dealkylation sites (tertiary alicyclic amines) is 1. The fourth-order valence-corrected chi connectivity index (χ4v) is 3.05. The molecule has 0 saturated carbocycles. The van der Waals surface area contributed by atoms with Crippen LogP contribution in [-0.4, -0.2) is 30.8 Å². The van der Waals surface area contributed by atoms with Crippen LogP contribution in [0.15, 0.2) is 12.1 Å². The summed E-state index contributed by atoms with van der Waals surface area (Å²) in [6, 6.07) is 4.32. The first-order valence-corrected chi connectivity index (χ1v) is 7.07. The van der Waals surface area contributed by atoms with Crippen LogP contribution >= 0.6 is 11.6 Å². The number of ether oxygens (including phenoxy) is 2. The van der Waals surface area contributed by atoms with Crippen LogP contribution in [0.5, 0.6) is 11.5 Å². The zero-order valence-electron chi connectivity index (χ0n) is 11.1. The van der Waals surface area contributed by atoms with Crippen molar-refractivity contribution in [2.45, 2.75) is 25.9 Å².